The summed E-state index contributed by atoms with van der Waals surface area (Å²) < 4.78 is 2.10. The fraction of sp³-hybridized carbons (Fsp3) is 0.458. The van der Waals surface area contributed by atoms with Crippen LogP contribution in [0.3, 0.4) is 0 Å². The maximum Gasteiger partial charge on any atom is 0.253 e. The van der Waals surface area contributed by atoms with Crippen LogP contribution in [0, 0.1) is 6.92 Å². The predicted octanol–water partition coefficient (Wildman–Crippen LogP) is 3.95. The van der Waals surface area contributed by atoms with Gasteiger partial charge in [0.25, 0.3) is 5.91 Å². The lowest BCUT2D eigenvalue weighted by molar-refractivity contribution is 0.0827. The molecule has 0 radical (unpaired) electrons. The van der Waals surface area contributed by atoms with Crippen LogP contribution in [0.25, 0.3) is 17.1 Å². The first-order valence-electron chi connectivity index (χ1n) is 11.4. The molecule has 1 amide bonds. The van der Waals surface area contributed by atoms with Gasteiger partial charge in [-0.05, 0) is 38.3 Å². The van der Waals surface area contributed by atoms with Crippen molar-refractivity contribution in [1.82, 2.24) is 29.6 Å². The third-order valence-electron chi connectivity index (χ3n) is 6.60. The largest absolute Gasteiger partial charge is 0.345 e. The van der Waals surface area contributed by atoms with E-state index in [4.69, 9.17) is 9.97 Å². The average Bonchev–Trinajstić information content (AvgIpc) is 3.47. The highest BCUT2D eigenvalue weighted by molar-refractivity contribution is 5.95. The van der Waals surface area contributed by atoms with Crippen molar-refractivity contribution in [1.29, 1.82) is 0 Å². The summed E-state index contributed by atoms with van der Waals surface area (Å²) in [6.07, 6.45) is 7.62. The van der Waals surface area contributed by atoms with Gasteiger partial charge in [-0.15, -0.1) is 10.2 Å². The van der Waals surface area contributed by atoms with Crippen LogP contribution in [0.4, 0.5) is 5.82 Å². The molecule has 8 heteroatoms. The zero-order valence-corrected chi connectivity index (χ0v) is 19.1. The van der Waals surface area contributed by atoms with Crippen molar-refractivity contribution in [2.24, 2.45) is 0 Å². The Balaban J connectivity index is 1.65. The van der Waals surface area contributed by atoms with Gasteiger partial charge in [-0.3, -0.25) is 9.36 Å². The van der Waals surface area contributed by atoms with Crippen LogP contribution in [0.2, 0.25) is 0 Å². The lowest BCUT2D eigenvalue weighted by Crippen LogP contribution is -2.42. The lowest BCUT2D eigenvalue weighted by atomic mass is 10.0. The summed E-state index contributed by atoms with van der Waals surface area (Å²) >= 11 is 0. The van der Waals surface area contributed by atoms with Crippen molar-refractivity contribution in [2.45, 2.75) is 58.0 Å². The zero-order valence-electron chi connectivity index (χ0n) is 19.1. The monoisotopic (exact) mass is 431 g/mol. The van der Waals surface area contributed by atoms with E-state index in [2.05, 4.69) is 26.6 Å². The van der Waals surface area contributed by atoms with Gasteiger partial charge in [0.2, 0.25) is 0 Å². The first-order chi connectivity index (χ1) is 15.5. The summed E-state index contributed by atoms with van der Waals surface area (Å²) in [7, 11) is 3.52. The van der Waals surface area contributed by atoms with Crippen molar-refractivity contribution in [3.05, 3.63) is 47.7 Å². The predicted molar refractivity (Wildman–Crippen MR) is 123 cm³/mol. The Morgan fingerprint density at radius 2 is 1.97 bits per heavy atom. The number of aryl methyl sites for hydroxylation is 1. The quantitative estimate of drug-likeness (QED) is 0.622. The molecule has 1 atom stereocenters. The van der Waals surface area contributed by atoms with Gasteiger partial charge < -0.3 is 9.80 Å². The van der Waals surface area contributed by atoms with E-state index in [1.165, 1.54) is 12.8 Å². The number of anilines is 1. The van der Waals surface area contributed by atoms with Gasteiger partial charge in [0, 0.05) is 31.3 Å². The zero-order chi connectivity index (χ0) is 22.4. The summed E-state index contributed by atoms with van der Waals surface area (Å²) in [6, 6.07) is 8.13. The molecular formula is C24H29N7O. The third-order valence-corrected chi connectivity index (χ3v) is 6.60. The number of hydrogen-bond acceptors (Lipinski definition) is 6. The average molecular weight is 432 g/mol. The third kappa shape index (κ3) is 3.25. The number of aromatic nitrogens is 5. The van der Waals surface area contributed by atoms with Crippen LogP contribution in [-0.4, -0.2) is 55.7 Å². The first-order valence-corrected chi connectivity index (χ1v) is 11.4. The number of carbonyl (C=O) groups excluding carboxylic acids is 1. The summed E-state index contributed by atoms with van der Waals surface area (Å²) in [5.74, 6) is 3.35. The highest BCUT2D eigenvalue weighted by atomic mass is 16.2. The molecule has 0 bridgehead atoms. The number of nitrogens with zero attached hydrogens (tertiary/aromatic N) is 7. The van der Waals surface area contributed by atoms with Crippen molar-refractivity contribution < 1.29 is 4.79 Å². The highest BCUT2D eigenvalue weighted by Crippen LogP contribution is 2.43. The van der Waals surface area contributed by atoms with Crippen LogP contribution >= 0.6 is 0 Å². The van der Waals surface area contributed by atoms with E-state index >= 15 is 0 Å². The van der Waals surface area contributed by atoms with Gasteiger partial charge >= 0.3 is 0 Å². The molecule has 0 saturated heterocycles. The fourth-order valence-corrected chi connectivity index (χ4v) is 5.06. The van der Waals surface area contributed by atoms with Crippen molar-refractivity contribution in [3.8, 4) is 17.1 Å². The molecule has 1 saturated carbocycles. The Morgan fingerprint density at radius 1 is 1.19 bits per heavy atom. The molecule has 1 aliphatic heterocycles. The molecular weight excluding hydrogens is 402 g/mol. The highest BCUT2D eigenvalue weighted by Gasteiger charge is 2.39. The molecule has 0 N–H and O–H groups in total. The Morgan fingerprint density at radius 3 is 2.69 bits per heavy atom. The number of carbonyl (C=O) groups is 1. The standard InChI is InChI=1S/C24H29N7O/c1-5-19-23-28-27-15(2)30(23)20-14-25-21(26-22(20)31(19)18-11-6-7-12-18)16-9-8-10-17(13-16)24(32)29(3)4/h8-10,13-14,18-19H,5-7,11-12H2,1-4H3/t19-/m1/s1. The minimum absolute atomic E-state index is 0.0341. The van der Waals surface area contributed by atoms with E-state index in [1.807, 2.05) is 37.4 Å². The number of amides is 1. The maximum atomic E-state index is 12.5. The molecule has 0 unspecified atom stereocenters. The maximum absolute atomic E-state index is 12.5. The summed E-state index contributed by atoms with van der Waals surface area (Å²) in [5.41, 5.74) is 2.40. The number of benzene rings is 1. The van der Waals surface area contributed by atoms with Gasteiger partial charge in [-0.25, -0.2) is 9.97 Å². The van der Waals surface area contributed by atoms with Gasteiger partial charge in [-0.2, -0.15) is 0 Å². The SMILES string of the molecule is CC[C@@H]1c2nnc(C)n2-c2cnc(-c3cccc(C(=O)N(C)C)c3)nc2N1C1CCCC1. The van der Waals surface area contributed by atoms with E-state index in [0.29, 0.717) is 17.4 Å². The van der Waals surface area contributed by atoms with Gasteiger partial charge in [0.15, 0.2) is 17.5 Å². The fourth-order valence-electron chi connectivity index (χ4n) is 5.06. The van der Waals surface area contributed by atoms with Crippen molar-refractivity contribution in [2.75, 3.05) is 19.0 Å². The summed E-state index contributed by atoms with van der Waals surface area (Å²) in [4.78, 5) is 26.3. The topological polar surface area (TPSA) is 80.0 Å². The van der Waals surface area contributed by atoms with Crippen molar-refractivity contribution in [3.63, 3.8) is 0 Å². The number of hydrogen-bond donors (Lipinski definition) is 0. The van der Waals surface area contributed by atoms with Crippen LogP contribution < -0.4 is 4.90 Å². The van der Waals surface area contributed by atoms with Crippen LogP contribution in [0.1, 0.15) is 67.1 Å². The minimum Gasteiger partial charge on any atom is -0.345 e. The number of rotatable bonds is 4. The number of fused-ring (bicyclic) bond motifs is 3. The molecule has 3 heterocycles. The van der Waals surface area contributed by atoms with Crippen LogP contribution in [0.5, 0.6) is 0 Å². The van der Waals surface area contributed by atoms with E-state index in [0.717, 1.165) is 48.0 Å². The molecule has 32 heavy (non-hydrogen) atoms. The van der Waals surface area contributed by atoms with E-state index < -0.39 is 0 Å². The first kappa shape index (κ1) is 20.6. The van der Waals surface area contributed by atoms with Crippen molar-refractivity contribution >= 4 is 11.7 Å². The Kier molecular flexibility index (Phi) is 5.15. The minimum atomic E-state index is -0.0341. The lowest BCUT2D eigenvalue weighted by Gasteiger charge is -2.41. The molecule has 3 aromatic rings. The van der Waals surface area contributed by atoms with Gasteiger partial charge in [0.05, 0.1) is 12.2 Å². The van der Waals surface area contributed by atoms with E-state index in [-0.39, 0.29) is 11.9 Å². The van der Waals surface area contributed by atoms with Gasteiger partial charge in [-0.1, -0.05) is 31.9 Å². The second kappa shape index (κ2) is 8.00. The molecule has 166 valence electrons. The smallest absolute Gasteiger partial charge is 0.253 e. The Labute approximate surface area is 188 Å². The Hall–Kier alpha value is -3.29. The molecule has 2 aliphatic rings. The Bertz CT molecular complexity index is 1160. The second-order valence-electron chi connectivity index (χ2n) is 8.89. The van der Waals surface area contributed by atoms with E-state index in [1.54, 1.807) is 19.0 Å². The van der Waals surface area contributed by atoms with E-state index in [9.17, 15) is 4.79 Å². The molecule has 1 aromatic carbocycles. The summed E-state index contributed by atoms with van der Waals surface area (Å²) in [5, 5.41) is 8.90. The molecule has 1 fully saturated rings. The molecule has 0 spiro atoms. The van der Waals surface area contributed by atoms with Crippen LogP contribution in [-0.2, 0) is 0 Å². The molecule has 2 aromatic heterocycles. The van der Waals surface area contributed by atoms with Crippen LogP contribution in [0.15, 0.2) is 30.5 Å². The molecule has 5 rings (SSSR count). The summed E-state index contributed by atoms with van der Waals surface area (Å²) in [6.45, 7) is 4.17. The second-order valence-corrected chi connectivity index (χ2v) is 8.89. The van der Waals surface area contributed by atoms with Gasteiger partial charge in [0.1, 0.15) is 11.5 Å². The molecule has 8 nitrogen and oxygen atoms in total. The molecule has 1 aliphatic carbocycles. The normalized spacial score (nSPS) is 17.9.